The van der Waals surface area contributed by atoms with Gasteiger partial charge in [0.15, 0.2) is 12.2 Å². The number of hydrogen-bond donors (Lipinski definition) is 3. The fourth-order valence-electron chi connectivity index (χ4n) is 13.4. The number of unbranched alkanes of at least 4 members (excludes halogenated alkanes) is 55. The SMILES string of the molecule is CCCCCCCCCCCCCCCC(=O)OC[C@H](COP(=O)(O)OC[C@H](O)COP(=O)(O)OC[C@@H](COC(=O)CCCCCCCCCCCCCCCCCC(C)C)OC(=O)CCCCCCCCCCCCCCCCCCCCC(C)C)OC(=O)CCCCCCCCCCCCCCC. The van der Waals surface area contributed by atoms with Gasteiger partial charge in [-0.2, -0.15) is 0 Å². The molecule has 0 spiro atoms. The van der Waals surface area contributed by atoms with E-state index in [1.54, 1.807) is 0 Å². The predicted octanol–water partition coefficient (Wildman–Crippen LogP) is 26.2. The smallest absolute Gasteiger partial charge is 0.462 e. The topological polar surface area (TPSA) is 237 Å². The van der Waals surface area contributed by atoms with Crippen LogP contribution in [0.3, 0.4) is 0 Å². The van der Waals surface area contributed by atoms with Gasteiger partial charge in [0.25, 0.3) is 0 Å². The Balaban J connectivity index is 5.24. The zero-order valence-corrected chi connectivity index (χ0v) is 70.8. The van der Waals surface area contributed by atoms with E-state index in [9.17, 15) is 43.2 Å². The molecule has 2 unspecified atom stereocenters. The Morgan fingerprint density at radius 1 is 0.257 bits per heavy atom. The van der Waals surface area contributed by atoms with E-state index in [0.29, 0.717) is 25.7 Å². The first kappa shape index (κ1) is 103. The number of aliphatic hydroxyl groups is 1. The van der Waals surface area contributed by atoms with Crippen LogP contribution in [0.1, 0.15) is 459 Å². The van der Waals surface area contributed by atoms with E-state index in [0.717, 1.165) is 102 Å². The maximum absolute atomic E-state index is 13.1. The summed E-state index contributed by atoms with van der Waals surface area (Å²) in [5.41, 5.74) is 0. The molecule has 0 rings (SSSR count). The fraction of sp³-hybridized carbons (Fsp3) is 0.953. The lowest BCUT2D eigenvalue weighted by atomic mass is 10.0. The van der Waals surface area contributed by atoms with Crippen molar-refractivity contribution in [3.63, 3.8) is 0 Å². The molecule has 0 saturated carbocycles. The second-order valence-corrected chi connectivity index (χ2v) is 34.8. The van der Waals surface area contributed by atoms with E-state index in [4.69, 9.17) is 37.0 Å². The zero-order valence-electron chi connectivity index (χ0n) is 69.0. The lowest BCUT2D eigenvalue weighted by molar-refractivity contribution is -0.161. The van der Waals surface area contributed by atoms with Crippen molar-refractivity contribution in [2.24, 2.45) is 11.8 Å². The van der Waals surface area contributed by atoms with E-state index >= 15 is 0 Å². The van der Waals surface area contributed by atoms with Gasteiger partial charge in [-0.3, -0.25) is 37.3 Å². The van der Waals surface area contributed by atoms with E-state index in [2.05, 4.69) is 41.5 Å². The van der Waals surface area contributed by atoms with Crippen LogP contribution < -0.4 is 0 Å². The van der Waals surface area contributed by atoms with Crippen molar-refractivity contribution in [1.29, 1.82) is 0 Å². The Kier molecular flexibility index (Phi) is 76.0. The van der Waals surface area contributed by atoms with Crippen molar-refractivity contribution in [3.05, 3.63) is 0 Å². The number of carbonyl (C=O) groups is 4. The monoisotopic (exact) mass is 1540 g/mol. The van der Waals surface area contributed by atoms with Crippen molar-refractivity contribution in [1.82, 2.24) is 0 Å². The van der Waals surface area contributed by atoms with Crippen LogP contribution in [0.2, 0.25) is 0 Å². The molecule has 19 heteroatoms. The average molecular weight is 1540 g/mol. The third kappa shape index (κ3) is 79.9. The molecule has 0 fully saturated rings. The fourth-order valence-corrected chi connectivity index (χ4v) is 15.0. The molecule has 0 aromatic heterocycles. The number of carbonyl (C=O) groups excluding carboxylic acids is 4. The molecule has 105 heavy (non-hydrogen) atoms. The van der Waals surface area contributed by atoms with E-state index < -0.39 is 97.5 Å². The molecule has 0 heterocycles. The maximum Gasteiger partial charge on any atom is 0.472 e. The van der Waals surface area contributed by atoms with Gasteiger partial charge in [0, 0.05) is 25.7 Å². The minimum atomic E-state index is -4.97. The van der Waals surface area contributed by atoms with Crippen molar-refractivity contribution in [3.8, 4) is 0 Å². The second kappa shape index (κ2) is 77.4. The third-order valence-electron chi connectivity index (χ3n) is 20.2. The average Bonchev–Trinajstić information content (AvgIpc) is 0.922. The van der Waals surface area contributed by atoms with Gasteiger partial charge < -0.3 is 33.8 Å². The highest BCUT2D eigenvalue weighted by atomic mass is 31.2. The molecule has 0 saturated heterocycles. The summed E-state index contributed by atoms with van der Waals surface area (Å²) in [5.74, 6) is -0.472. The molecule has 0 radical (unpaired) electrons. The number of hydrogen-bond acceptors (Lipinski definition) is 15. The van der Waals surface area contributed by atoms with E-state index in [-0.39, 0.29) is 25.7 Å². The predicted molar refractivity (Wildman–Crippen MR) is 432 cm³/mol. The van der Waals surface area contributed by atoms with Crippen LogP contribution in [0.25, 0.3) is 0 Å². The lowest BCUT2D eigenvalue weighted by Crippen LogP contribution is -2.30. The van der Waals surface area contributed by atoms with Crippen LogP contribution in [0, 0.1) is 11.8 Å². The number of esters is 4. The van der Waals surface area contributed by atoms with E-state index in [1.165, 1.54) is 276 Å². The van der Waals surface area contributed by atoms with Gasteiger partial charge in [-0.15, -0.1) is 0 Å². The van der Waals surface area contributed by atoms with Crippen molar-refractivity contribution >= 4 is 39.5 Å². The molecule has 0 aliphatic rings. The minimum absolute atomic E-state index is 0.108. The zero-order chi connectivity index (χ0) is 77.1. The Bertz CT molecular complexity index is 2010. The van der Waals surface area contributed by atoms with Crippen molar-refractivity contribution in [2.45, 2.75) is 477 Å². The van der Waals surface area contributed by atoms with E-state index in [1.807, 2.05) is 0 Å². The standard InChI is InChI=1S/C86H168O17P2/c1-7-9-11-13-15-17-19-30-38-44-50-56-62-68-83(88)96-74-81(102-85(90)70-64-58-52-46-40-31-20-18-16-14-12-10-8-2)76-100-104(92,93)98-72-80(87)73-99-105(94,95)101-77-82(75-97-84(89)69-63-57-51-45-39-34-29-25-27-33-37-43-49-55-61-67-79(5)6)103-86(91)71-65-59-53-47-41-35-28-24-22-21-23-26-32-36-42-48-54-60-66-78(3)4/h78-82,87H,7-77H2,1-6H3,(H,92,93)(H,94,95)/t80-,81+,82+/m0/s1. The largest absolute Gasteiger partial charge is 0.472 e. The van der Waals surface area contributed by atoms with Crippen LogP contribution >= 0.6 is 15.6 Å². The Morgan fingerprint density at radius 2 is 0.438 bits per heavy atom. The van der Waals surface area contributed by atoms with Crippen LogP contribution in [-0.4, -0.2) is 96.7 Å². The summed E-state index contributed by atoms with van der Waals surface area (Å²) in [5, 5.41) is 10.7. The van der Waals surface area contributed by atoms with Crippen molar-refractivity contribution in [2.75, 3.05) is 39.6 Å². The molecule has 0 bridgehead atoms. The molecule has 0 aromatic rings. The molecule has 0 aliphatic heterocycles. The van der Waals surface area contributed by atoms with Gasteiger partial charge in [-0.1, -0.05) is 408 Å². The quantitative estimate of drug-likeness (QED) is 0.0222. The number of aliphatic hydroxyl groups excluding tert-OH is 1. The molecule has 3 N–H and O–H groups in total. The highest BCUT2D eigenvalue weighted by Crippen LogP contribution is 2.45. The Hall–Kier alpha value is -1.94. The van der Waals surface area contributed by atoms with Crippen LogP contribution in [0.5, 0.6) is 0 Å². The number of phosphoric ester groups is 2. The summed E-state index contributed by atoms with van der Waals surface area (Å²) in [6.07, 6.45) is 69.3. The van der Waals surface area contributed by atoms with Gasteiger partial charge in [0.05, 0.1) is 26.4 Å². The first-order valence-electron chi connectivity index (χ1n) is 44.5. The summed E-state index contributed by atoms with van der Waals surface area (Å²) >= 11 is 0. The van der Waals surface area contributed by atoms with Gasteiger partial charge >= 0.3 is 39.5 Å². The summed E-state index contributed by atoms with van der Waals surface area (Å²) in [7, 11) is -9.93. The number of rotatable bonds is 85. The summed E-state index contributed by atoms with van der Waals surface area (Å²) in [6, 6.07) is 0. The maximum atomic E-state index is 13.1. The third-order valence-corrected chi connectivity index (χ3v) is 22.1. The van der Waals surface area contributed by atoms with Crippen LogP contribution in [0.15, 0.2) is 0 Å². The molecule has 0 aliphatic carbocycles. The molecule has 17 nitrogen and oxygen atoms in total. The first-order valence-corrected chi connectivity index (χ1v) is 47.5. The molecule has 5 atom stereocenters. The Labute approximate surface area is 645 Å². The lowest BCUT2D eigenvalue weighted by Gasteiger charge is -2.21. The molecular formula is C86H168O17P2. The number of ether oxygens (including phenoxy) is 4. The van der Waals surface area contributed by atoms with Gasteiger partial charge in [-0.25, -0.2) is 9.13 Å². The summed E-state index contributed by atoms with van der Waals surface area (Å²) in [6.45, 7) is 9.74. The van der Waals surface area contributed by atoms with Crippen LogP contribution in [-0.2, 0) is 65.4 Å². The molecule has 0 amide bonds. The molecular weight excluding hydrogens is 1370 g/mol. The highest BCUT2D eigenvalue weighted by molar-refractivity contribution is 7.47. The van der Waals surface area contributed by atoms with Gasteiger partial charge in [0.1, 0.15) is 19.3 Å². The Morgan fingerprint density at radius 3 is 0.648 bits per heavy atom. The highest BCUT2D eigenvalue weighted by Gasteiger charge is 2.30. The molecule has 624 valence electrons. The summed E-state index contributed by atoms with van der Waals surface area (Å²) < 4.78 is 68.9. The second-order valence-electron chi connectivity index (χ2n) is 31.9. The number of phosphoric acid groups is 2. The normalized spacial score (nSPS) is 13.8. The summed E-state index contributed by atoms with van der Waals surface area (Å²) in [4.78, 5) is 73.2. The van der Waals surface area contributed by atoms with Crippen molar-refractivity contribution < 1.29 is 80.2 Å². The van der Waals surface area contributed by atoms with Gasteiger partial charge in [-0.05, 0) is 37.5 Å². The first-order chi connectivity index (χ1) is 50.9. The van der Waals surface area contributed by atoms with Crippen LogP contribution in [0.4, 0.5) is 0 Å². The van der Waals surface area contributed by atoms with Gasteiger partial charge in [0.2, 0.25) is 0 Å². The molecule has 0 aromatic carbocycles. The minimum Gasteiger partial charge on any atom is -0.462 e.